The molecule has 0 unspecified atom stereocenters. The van der Waals surface area contributed by atoms with Crippen LogP contribution in [-0.2, 0) is 6.42 Å². The number of hydrogen-bond acceptors (Lipinski definition) is 4. The van der Waals surface area contributed by atoms with E-state index in [1.807, 2.05) is 18.2 Å². The minimum atomic E-state index is 0.648. The summed E-state index contributed by atoms with van der Waals surface area (Å²) in [5.74, 6) is 1.88. The third kappa shape index (κ3) is 2.91. The van der Waals surface area contributed by atoms with Gasteiger partial charge >= 0.3 is 0 Å². The van der Waals surface area contributed by atoms with Crippen molar-refractivity contribution >= 4 is 11.8 Å². The van der Waals surface area contributed by atoms with Crippen LogP contribution in [0.4, 0.5) is 0 Å². The van der Waals surface area contributed by atoms with Gasteiger partial charge in [0.05, 0.1) is 0 Å². The third-order valence-corrected chi connectivity index (χ3v) is 3.50. The lowest BCUT2D eigenvalue weighted by Gasteiger charge is -2.09. The zero-order valence-electron chi connectivity index (χ0n) is 10.5. The number of benzene rings is 1. The molecule has 0 atom stereocenters. The van der Waals surface area contributed by atoms with Gasteiger partial charge < -0.3 is 5.73 Å². The highest BCUT2D eigenvalue weighted by molar-refractivity contribution is 7.99. The summed E-state index contributed by atoms with van der Waals surface area (Å²) in [6, 6.07) is 10.2. The van der Waals surface area contributed by atoms with Crippen molar-refractivity contribution in [2.45, 2.75) is 24.9 Å². The van der Waals surface area contributed by atoms with Crippen LogP contribution >= 0.6 is 11.8 Å². The fourth-order valence-electron chi connectivity index (χ4n) is 1.77. The topological polar surface area (TPSA) is 56.7 Å². The molecule has 0 amide bonds. The zero-order valence-corrected chi connectivity index (χ0v) is 11.4. The average molecular weight is 262 g/mol. The lowest BCUT2D eigenvalue weighted by Crippen LogP contribution is -2.05. The second-order valence-electron chi connectivity index (χ2n) is 3.96. The molecule has 0 saturated carbocycles. The monoisotopic (exact) mass is 262 g/mol. The molecule has 1 heterocycles. The Bertz CT molecular complexity index is 481. The first-order valence-corrected chi connectivity index (χ1v) is 7.18. The first-order valence-electron chi connectivity index (χ1n) is 6.19. The van der Waals surface area contributed by atoms with E-state index in [2.05, 4.69) is 33.8 Å². The molecule has 18 heavy (non-hydrogen) atoms. The van der Waals surface area contributed by atoms with Crippen molar-refractivity contribution in [2.24, 2.45) is 5.73 Å². The van der Waals surface area contributed by atoms with Crippen LogP contribution in [0.3, 0.4) is 0 Å². The number of aryl methyl sites for hydroxylation is 1. The van der Waals surface area contributed by atoms with E-state index >= 15 is 0 Å². The highest BCUT2D eigenvalue weighted by Gasteiger charge is 2.12. The Hall–Kier alpha value is -1.33. The van der Waals surface area contributed by atoms with Gasteiger partial charge in [0.15, 0.2) is 5.16 Å². The van der Waals surface area contributed by atoms with Crippen LogP contribution < -0.4 is 5.73 Å². The molecule has 5 heteroatoms. The Labute approximate surface area is 112 Å². The molecule has 0 aliphatic carbocycles. The third-order valence-electron chi connectivity index (χ3n) is 2.54. The average Bonchev–Trinajstić information content (AvgIpc) is 2.81. The highest BCUT2D eigenvalue weighted by atomic mass is 32.2. The molecule has 0 aliphatic heterocycles. The maximum Gasteiger partial charge on any atom is 0.195 e. The number of nitrogens with zero attached hydrogens (tertiary/aromatic N) is 3. The van der Waals surface area contributed by atoms with E-state index in [0.29, 0.717) is 6.54 Å². The van der Waals surface area contributed by atoms with Gasteiger partial charge in [-0.2, -0.15) is 0 Å². The van der Waals surface area contributed by atoms with E-state index in [1.54, 1.807) is 11.8 Å². The fraction of sp³-hybridized carbons (Fsp3) is 0.385. The quantitative estimate of drug-likeness (QED) is 0.811. The van der Waals surface area contributed by atoms with Gasteiger partial charge in [-0.3, -0.25) is 4.57 Å². The Morgan fingerprint density at radius 2 is 2.00 bits per heavy atom. The van der Waals surface area contributed by atoms with Crippen LogP contribution in [-0.4, -0.2) is 27.1 Å². The van der Waals surface area contributed by atoms with Crippen molar-refractivity contribution in [2.75, 3.05) is 12.3 Å². The van der Waals surface area contributed by atoms with Crippen molar-refractivity contribution in [1.82, 2.24) is 14.8 Å². The predicted molar refractivity (Wildman–Crippen MR) is 75.1 cm³/mol. The molecule has 4 nitrogen and oxygen atoms in total. The van der Waals surface area contributed by atoms with Gasteiger partial charge in [0.1, 0.15) is 5.82 Å². The summed E-state index contributed by atoms with van der Waals surface area (Å²) in [6.45, 7) is 2.80. The molecule has 0 radical (unpaired) electrons. The molecular formula is C13H18N4S. The number of nitrogens with two attached hydrogens (primary N) is 1. The van der Waals surface area contributed by atoms with E-state index < -0.39 is 0 Å². The smallest absolute Gasteiger partial charge is 0.195 e. The van der Waals surface area contributed by atoms with Crippen molar-refractivity contribution in [1.29, 1.82) is 0 Å². The van der Waals surface area contributed by atoms with Crippen LogP contribution in [0.5, 0.6) is 0 Å². The summed E-state index contributed by atoms with van der Waals surface area (Å²) in [6.07, 6.45) is 2.00. The molecule has 2 rings (SSSR count). The number of para-hydroxylation sites is 1. The molecule has 0 spiro atoms. The van der Waals surface area contributed by atoms with Crippen molar-refractivity contribution < 1.29 is 0 Å². The van der Waals surface area contributed by atoms with E-state index in [9.17, 15) is 0 Å². The Morgan fingerprint density at radius 3 is 2.67 bits per heavy atom. The molecule has 0 aliphatic rings. The maximum absolute atomic E-state index is 5.55. The van der Waals surface area contributed by atoms with E-state index in [-0.39, 0.29) is 0 Å². The van der Waals surface area contributed by atoms with Crippen LogP contribution in [0.15, 0.2) is 35.5 Å². The molecule has 2 aromatic rings. The number of thioether (sulfide) groups is 1. The lowest BCUT2D eigenvalue weighted by atomic mass is 10.3. The Morgan fingerprint density at radius 1 is 1.22 bits per heavy atom. The van der Waals surface area contributed by atoms with Crippen molar-refractivity contribution in [3.63, 3.8) is 0 Å². The highest BCUT2D eigenvalue weighted by Crippen LogP contribution is 2.22. The van der Waals surface area contributed by atoms with Crippen molar-refractivity contribution in [3.8, 4) is 5.69 Å². The molecule has 2 N–H and O–H groups in total. The molecule has 96 valence electrons. The van der Waals surface area contributed by atoms with Gasteiger partial charge in [-0.25, -0.2) is 0 Å². The van der Waals surface area contributed by atoms with E-state index in [4.69, 9.17) is 5.73 Å². The maximum atomic E-state index is 5.55. The fourth-order valence-corrected chi connectivity index (χ4v) is 2.50. The van der Waals surface area contributed by atoms with Gasteiger partial charge in [-0.15, -0.1) is 10.2 Å². The molecule has 1 aromatic carbocycles. The lowest BCUT2D eigenvalue weighted by molar-refractivity contribution is 0.784. The summed E-state index contributed by atoms with van der Waals surface area (Å²) in [5, 5.41) is 9.48. The molecular weight excluding hydrogens is 244 g/mol. The standard InChI is InChI=1S/C13H18N4S/c1-2-6-12-15-16-13(18-10-9-14)17(12)11-7-4-3-5-8-11/h3-5,7-8H,2,6,9-10,14H2,1H3. The van der Waals surface area contributed by atoms with Crippen molar-refractivity contribution in [3.05, 3.63) is 36.2 Å². The number of rotatable bonds is 6. The van der Waals surface area contributed by atoms with Gasteiger partial charge in [0, 0.05) is 24.4 Å². The summed E-state index contributed by atoms with van der Waals surface area (Å²) in [4.78, 5) is 0. The minimum absolute atomic E-state index is 0.648. The predicted octanol–water partition coefficient (Wildman–Crippen LogP) is 2.27. The second kappa shape index (κ2) is 6.56. The van der Waals surface area contributed by atoms with Gasteiger partial charge in [-0.1, -0.05) is 36.9 Å². The molecule has 0 bridgehead atoms. The number of aromatic nitrogens is 3. The first kappa shape index (κ1) is 13.1. The SMILES string of the molecule is CCCc1nnc(SCCN)n1-c1ccccc1. The summed E-state index contributed by atoms with van der Waals surface area (Å²) < 4.78 is 2.13. The van der Waals surface area contributed by atoms with Gasteiger partial charge in [0.2, 0.25) is 0 Å². The summed E-state index contributed by atoms with van der Waals surface area (Å²) in [5.41, 5.74) is 6.67. The van der Waals surface area contributed by atoms with Crippen LogP contribution in [0.25, 0.3) is 5.69 Å². The first-order chi connectivity index (χ1) is 8.86. The normalized spacial score (nSPS) is 10.8. The summed E-state index contributed by atoms with van der Waals surface area (Å²) in [7, 11) is 0. The molecule has 0 fully saturated rings. The van der Waals surface area contributed by atoms with Crippen LogP contribution in [0.1, 0.15) is 19.2 Å². The van der Waals surface area contributed by atoms with E-state index in [1.165, 1.54) is 0 Å². The van der Waals surface area contributed by atoms with Gasteiger partial charge in [0.25, 0.3) is 0 Å². The van der Waals surface area contributed by atoms with E-state index in [0.717, 1.165) is 35.3 Å². The second-order valence-corrected chi connectivity index (χ2v) is 5.02. The van der Waals surface area contributed by atoms with Crippen LogP contribution in [0.2, 0.25) is 0 Å². The van der Waals surface area contributed by atoms with Crippen LogP contribution in [0, 0.1) is 0 Å². The zero-order chi connectivity index (χ0) is 12.8. The minimum Gasteiger partial charge on any atom is -0.330 e. The Kier molecular flexibility index (Phi) is 4.78. The molecule has 0 saturated heterocycles. The molecule has 1 aromatic heterocycles. The number of hydrogen-bond donors (Lipinski definition) is 1. The largest absolute Gasteiger partial charge is 0.330 e. The Balaban J connectivity index is 2.37. The summed E-state index contributed by atoms with van der Waals surface area (Å²) >= 11 is 1.65. The van der Waals surface area contributed by atoms with Gasteiger partial charge in [-0.05, 0) is 18.6 Å².